The van der Waals surface area contributed by atoms with Crippen LogP contribution in [0.2, 0.25) is 0 Å². The molecule has 0 fully saturated rings. The number of carbonyl (C=O) groups excluding carboxylic acids is 4. The number of aliphatic hydroxyl groups is 1. The van der Waals surface area contributed by atoms with Crippen LogP contribution in [0.3, 0.4) is 0 Å². The highest BCUT2D eigenvalue weighted by molar-refractivity contribution is 7.47. The van der Waals surface area contributed by atoms with Gasteiger partial charge in [-0.2, -0.15) is 0 Å². The molecule has 0 saturated heterocycles. The minimum absolute atomic E-state index is 0.110. The van der Waals surface area contributed by atoms with Crippen LogP contribution in [-0.2, 0) is 65.4 Å². The van der Waals surface area contributed by atoms with Gasteiger partial charge >= 0.3 is 39.5 Å². The quantitative estimate of drug-likeness (QED) is 0.0222. The first kappa shape index (κ1) is 111. The van der Waals surface area contributed by atoms with Gasteiger partial charge in [0.05, 0.1) is 26.4 Å². The summed E-state index contributed by atoms with van der Waals surface area (Å²) in [6.45, 7) is 7.49. The van der Waals surface area contributed by atoms with Crippen LogP contribution in [0.15, 0.2) is 0 Å². The normalized spacial score (nSPS) is 13.9. The van der Waals surface area contributed by atoms with Crippen molar-refractivity contribution in [3.63, 3.8) is 0 Å². The Balaban J connectivity index is 5.25. The third-order valence-corrected chi connectivity index (χ3v) is 24.5. The van der Waals surface area contributed by atoms with Crippen LogP contribution in [0.5, 0.6) is 0 Å². The van der Waals surface area contributed by atoms with E-state index in [9.17, 15) is 43.2 Å². The predicted octanol–water partition coefficient (Wildman–Crippen LogP) is 29.5. The van der Waals surface area contributed by atoms with Crippen LogP contribution in [-0.4, -0.2) is 96.7 Å². The molecule has 0 radical (unpaired) electrons. The zero-order valence-electron chi connectivity index (χ0n) is 74.5. The molecule has 0 aromatic heterocycles. The standard InChI is InChI=1S/C94H184O17P2/c1-6-10-13-16-19-22-25-28-30-32-34-39-43-48-53-58-63-68-73-78-92(97)105-84-90(111-94(99)80-75-70-65-60-55-50-45-41-37-36-38-42-47-51-56-61-66-71-76-87(5)9-4)86-109-113(102,103)107-82-88(95)81-106-112(100,101)108-85-89(83-104-91(96)77-72-67-62-57-52-46-27-24-21-18-15-12-8-3)110-93(98)79-74-69-64-59-54-49-44-40-35-33-31-29-26-23-20-17-14-11-7-2/h87-90,95H,6-86H2,1-5H3,(H,100,101)(H,102,103)/t87?,88-,89+,90+/m0/s1. The molecule has 0 aliphatic heterocycles. The summed E-state index contributed by atoms with van der Waals surface area (Å²) < 4.78 is 69.2. The van der Waals surface area contributed by atoms with Crippen LogP contribution >= 0.6 is 15.6 Å². The molecule has 113 heavy (non-hydrogen) atoms. The van der Waals surface area contributed by atoms with Gasteiger partial charge in [-0.05, 0) is 31.6 Å². The van der Waals surface area contributed by atoms with E-state index in [1.807, 2.05) is 0 Å². The molecule has 0 bridgehead atoms. The van der Waals surface area contributed by atoms with Gasteiger partial charge in [0.1, 0.15) is 19.3 Å². The van der Waals surface area contributed by atoms with E-state index in [2.05, 4.69) is 34.6 Å². The number of unbranched alkanes of at least 4 members (excludes halogenated alkanes) is 65. The maximum absolute atomic E-state index is 13.2. The van der Waals surface area contributed by atoms with Crippen LogP contribution in [0.4, 0.5) is 0 Å². The van der Waals surface area contributed by atoms with Crippen molar-refractivity contribution in [3.8, 4) is 0 Å². The summed E-state index contributed by atoms with van der Waals surface area (Å²) in [4.78, 5) is 73.5. The molecule has 0 saturated carbocycles. The molecule has 0 aliphatic rings. The molecule has 0 aromatic rings. The zero-order chi connectivity index (χ0) is 82.6. The molecule has 19 heteroatoms. The fraction of sp³-hybridized carbons (Fsp3) is 0.957. The molecule has 0 heterocycles. The van der Waals surface area contributed by atoms with Crippen LogP contribution in [0, 0.1) is 5.92 Å². The Morgan fingerprint density at radius 2 is 0.425 bits per heavy atom. The van der Waals surface area contributed by atoms with Crippen LogP contribution in [0.1, 0.15) is 516 Å². The van der Waals surface area contributed by atoms with Crippen LogP contribution in [0.25, 0.3) is 0 Å². The maximum Gasteiger partial charge on any atom is 0.472 e. The van der Waals surface area contributed by atoms with E-state index in [1.54, 1.807) is 0 Å². The smallest absolute Gasteiger partial charge is 0.462 e. The first-order valence-corrected chi connectivity index (χ1v) is 51.7. The lowest BCUT2D eigenvalue weighted by molar-refractivity contribution is -0.161. The van der Waals surface area contributed by atoms with E-state index < -0.39 is 97.5 Å². The molecule has 3 N–H and O–H groups in total. The number of carbonyl (C=O) groups is 4. The number of esters is 4. The number of phosphoric ester groups is 2. The number of phosphoric acid groups is 2. The van der Waals surface area contributed by atoms with Gasteiger partial charge in [0.2, 0.25) is 0 Å². The van der Waals surface area contributed by atoms with Crippen molar-refractivity contribution in [1.29, 1.82) is 0 Å². The fourth-order valence-electron chi connectivity index (χ4n) is 14.9. The number of hydrogen-bond donors (Lipinski definition) is 3. The summed E-state index contributed by atoms with van der Waals surface area (Å²) >= 11 is 0. The van der Waals surface area contributed by atoms with Crippen molar-refractivity contribution in [3.05, 3.63) is 0 Å². The van der Waals surface area contributed by atoms with Gasteiger partial charge in [0, 0.05) is 25.7 Å². The zero-order valence-corrected chi connectivity index (χ0v) is 76.3. The highest BCUT2D eigenvalue weighted by Gasteiger charge is 2.31. The van der Waals surface area contributed by atoms with Crippen molar-refractivity contribution in [1.82, 2.24) is 0 Å². The van der Waals surface area contributed by atoms with Crippen molar-refractivity contribution in [2.24, 2.45) is 5.92 Å². The van der Waals surface area contributed by atoms with Crippen molar-refractivity contribution >= 4 is 39.5 Å². The van der Waals surface area contributed by atoms with Gasteiger partial charge in [-0.25, -0.2) is 9.13 Å². The van der Waals surface area contributed by atoms with Gasteiger partial charge in [-0.3, -0.25) is 37.3 Å². The summed E-state index contributed by atoms with van der Waals surface area (Å²) in [6, 6.07) is 0. The Labute approximate surface area is 696 Å². The van der Waals surface area contributed by atoms with E-state index in [1.165, 1.54) is 340 Å². The summed E-state index contributed by atoms with van der Waals surface area (Å²) in [5, 5.41) is 10.7. The Hall–Kier alpha value is -1.94. The van der Waals surface area contributed by atoms with Crippen molar-refractivity contribution in [2.75, 3.05) is 39.6 Å². The Morgan fingerprint density at radius 3 is 0.628 bits per heavy atom. The lowest BCUT2D eigenvalue weighted by atomic mass is 9.99. The van der Waals surface area contributed by atoms with E-state index in [4.69, 9.17) is 37.0 Å². The minimum atomic E-state index is -4.97. The average molecular weight is 1650 g/mol. The number of hydrogen-bond acceptors (Lipinski definition) is 15. The molecule has 0 amide bonds. The fourth-order valence-corrected chi connectivity index (χ4v) is 16.4. The lowest BCUT2D eigenvalue weighted by Gasteiger charge is -2.21. The Bertz CT molecular complexity index is 2140. The molecular formula is C94H184O17P2. The predicted molar refractivity (Wildman–Crippen MR) is 469 cm³/mol. The third kappa shape index (κ3) is 86.3. The van der Waals surface area contributed by atoms with Crippen molar-refractivity contribution in [2.45, 2.75) is 534 Å². The van der Waals surface area contributed by atoms with Gasteiger partial charge in [-0.15, -0.1) is 0 Å². The highest BCUT2D eigenvalue weighted by Crippen LogP contribution is 2.45. The second kappa shape index (κ2) is 86.4. The van der Waals surface area contributed by atoms with E-state index >= 15 is 0 Å². The molecule has 0 rings (SSSR count). The highest BCUT2D eigenvalue weighted by atomic mass is 31.2. The van der Waals surface area contributed by atoms with E-state index in [0.717, 1.165) is 95.8 Å². The van der Waals surface area contributed by atoms with E-state index in [-0.39, 0.29) is 25.7 Å². The molecule has 6 atom stereocenters. The molecule has 3 unspecified atom stereocenters. The Kier molecular flexibility index (Phi) is 85.0. The maximum atomic E-state index is 13.2. The summed E-state index contributed by atoms with van der Waals surface area (Å²) in [5.41, 5.74) is 0. The summed E-state index contributed by atoms with van der Waals surface area (Å²) in [7, 11) is -9.94. The van der Waals surface area contributed by atoms with E-state index in [0.29, 0.717) is 25.7 Å². The molecule has 17 nitrogen and oxygen atoms in total. The molecule has 0 aromatic carbocycles. The van der Waals surface area contributed by atoms with Gasteiger partial charge in [-0.1, -0.05) is 465 Å². The number of ether oxygens (including phenoxy) is 4. The average Bonchev–Trinajstić information content (AvgIpc) is 0.899. The number of rotatable bonds is 94. The molecule has 672 valence electrons. The third-order valence-electron chi connectivity index (χ3n) is 22.6. The second-order valence-corrected chi connectivity index (χ2v) is 36.9. The lowest BCUT2D eigenvalue weighted by Crippen LogP contribution is -2.30. The molecule has 0 spiro atoms. The monoisotopic (exact) mass is 1650 g/mol. The first-order valence-electron chi connectivity index (χ1n) is 48.7. The minimum Gasteiger partial charge on any atom is -0.462 e. The van der Waals surface area contributed by atoms with Gasteiger partial charge < -0.3 is 33.8 Å². The Morgan fingerprint density at radius 1 is 0.248 bits per heavy atom. The first-order chi connectivity index (χ1) is 55.1. The van der Waals surface area contributed by atoms with Crippen LogP contribution < -0.4 is 0 Å². The summed E-state index contributed by atoms with van der Waals surface area (Å²) in [6.07, 6.45) is 83.3. The largest absolute Gasteiger partial charge is 0.472 e. The van der Waals surface area contributed by atoms with Crippen molar-refractivity contribution < 1.29 is 80.2 Å². The molecular weight excluding hydrogens is 1460 g/mol. The van der Waals surface area contributed by atoms with Gasteiger partial charge in [0.15, 0.2) is 12.2 Å². The SMILES string of the molecule is CCCCCCCCCCCCCCCCCCCCCC(=O)OC[C@H](COP(=O)(O)OC[C@@H](O)COP(=O)(O)OC[C@@H](COC(=O)CCCCCCCCCCCCCCC)OC(=O)CCCCCCCCCCCCCCCCCCCCC)OC(=O)CCCCCCCCCCCCCCCCCCCCC(C)CC. The second-order valence-electron chi connectivity index (χ2n) is 34.0. The summed E-state index contributed by atoms with van der Waals surface area (Å²) in [5.74, 6) is -1.22. The van der Waals surface area contributed by atoms with Gasteiger partial charge in [0.25, 0.3) is 0 Å². The topological polar surface area (TPSA) is 237 Å². The molecule has 0 aliphatic carbocycles. The number of aliphatic hydroxyl groups excluding tert-OH is 1.